The van der Waals surface area contributed by atoms with Gasteiger partial charge in [0.2, 0.25) is 0 Å². The normalized spacial score (nSPS) is 20.5. The lowest BCUT2D eigenvalue weighted by atomic mass is 9.90. The van der Waals surface area contributed by atoms with Crippen molar-refractivity contribution in [3.05, 3.63) is 29.3 Å². The number of hydrogen-bond donors (Lipinski definition) is 1. The van der Waals surface area contributed by atoms with Crippen LogP contribution >= 0.6 is 0 Å². The highest BCUT2D eigenvalue weighted by Gasteiger charge is 2.18. The van der Waals surface area contributed by atoms with Crippen molar-refractivity contribution in [2.45, 2.75) is 44.9 Å². The topological polar surface area (TPSA) is 12.0 Å². The van der Waals surface area contributed by atoms with Crippen LogP contribution in [0.5, 0.6) is 0 Å². The number of anilines is 1. The molecule has 0 spiro atoms. The molecule has 16 heavy (non-hydrogen) atoms. The van der Waals surface area contributed by atoms with E-state index in [1.807, 2.05) is 0 Å². The lowest BCUT2D eigenvalue weighted by Gasteiger charge is -2.22. The second kappa shape index (κ2) is 4.48. The predicted molar refractivity (Wildman–Crippen MR) is 68.9 cm³/mol. The van der Waals surface area contributed by atoms with Gasteiger partial charge in [-0.1, -0.05) is 37.8 Å². The summed E-state index contributed by atoms with van der Waals surface area (Å²) in [5.41, 5.74) is 4.64. The zero-order valence-corrected chi connectivity index (χ0v) is 9.97. The van der Waals surface area contributed by atoms with Gasteiger partial charge >= 0.3 is 0 Å². The molecule has 0 saturated heterocycles. The number of fused-ring (bicyclic) bond motifs is 1. The lowest BCUT2D eigenvalue weighted by molar-refractivity contribution is 0.543. The van der Waals surface area contributed by atoms with Crippen molar-refractivity contribution in [3.8, 4) is 0 Å². The summed E-state index contributed by atoms with van der Waals surface area (Å²) in [6.07, 6.45) is 9.73. The van der Waals surface area contributed by atoms with Crippen molar-refractivity contribution in [2.24, 2.45) is 5.92 Å². The molecule has 0 unspecified atom stereocenters. The average Bonchev–Trinajstić information content (AvgIpc) is 2.82. The van der Waals surface area contributed by atoms with Crippen LogP contribution in [0, 0.1) is 5.92 Å². The van der Waals surface area contributed by atoms with E-state index in [1.54, 1.807) is 11.1 Å². The smallest absolute Gasteiger partial charge is 0.0375 e. The van der Waals surface area contributed by atoms with Gasteiger partial charge in [-0.05, 0) is 42.4 Å². The van der Waals surface area contributed by atoms with Crippen molar-refractivity contribution in [2.75, 3.05) is 11.9 Å². The summed E-state index contributed by atoms with van der Waals surface area (Å²) in [5.74, 6) is 0.966. The van der Waals surface area contributed by atoms with Crippen molar-refractivity contribution < 1.29 is 0 Å². The first-order valence-corrected chi connectivity index (χ1v) is 6.78. The molecule has 0 bridgehead atoms. The molecule has 0 aromatic heterocycles. The van der Waals surface area contributed by atoms with Crippen LogP contribution in [0.4, 0.5) is 5.69 Å². The Balaban J connectivity index is 1.82. The van der Waals surface area contributed by atoms with Crippen LogP contribution in [0.15, 0.2) is 18.2 Å². The van der Waals surface area contributed by atoms with Crippen LogP contribution in [0.3, 0.4) is 0 Å². The quantitative estimate of drug-likeness (QED) is 0.791. The number of rotatable bonds is 2. The van der Waals surface area contributed by atoms with Gasteiger partial charge < -0.3 is 5.32 Å². The predicted octanol–water partition coefficient (Wildman–Crippen LogP) is 3.78. The van der Waals surface area contributed by atoms with Crippen LogP contribution < -0.4 is 5.32 Å². The minimum atomic E-state index is 0.966. The van der Waals surface area contributed by atoms with E-state index in [2.05, 4.69) is 23.5 Å². The molecule has 1 N–H and O–H groups in total. The van der Waals surface area contributed by atoms with Crippen molar-refractivity contribution in [1.29, 1.82) is 0 Å². The Hall–Kier alpha value is -0.980. The van der Waals surface area contributed by atoms with E-state index in [9.17, 15) is 0 Å². The van der Waals surface area contributed by atoms with Gasteiger partial charge in [0.05, 0.1) is 0 Å². The van der Waals surface area contributed by atoms with Crippen LogP contribution in [0.2, 0.25) is 0 Å². The molecule has 2 aliphatic rings. The Bertz CT molecular complexity index is 364. The summed E-state index contributed by atoms with van der Waals surface area (Å²) in [4.78, 5) is 0. The highest BCUT2D eigenvalue weighted by molar-refractivity contribution is 5.56. The summed E-state index contributed by atoms with van der Waals surface area (Å²) < 4.78 is 0. The van der Waals surface area contributed by atoms with Gasteiger partial charge in [0.15, 0.2) is 0 Å². The third-order valence-electron chi connectivity index (χ3n) is 4.18. The molecule has 1 aliphatic carbocycles. The zero-order valence-electron chi connectivity index (χ0n) is 9.97. The first kappa shape index (κ1) is 10.2. The number of nitrogens with one attached hydrogen (secondary N) is 1. The monoisotopic (exact) mass is 215 g/mol. The second-order valence-corrected chi connectivity index (χ2v) is 5.33. The van der Waals surface area contributed by atoms with Crippen molar-refractivity contribution in [1.82, 2.24) is 0 Å². The molecular weight excluding hydrogens is 194 g/mol. The molecule has 3 rings (SSSR count). The minimum Gasteiger partial charge on any atom is -0.385 e. The van der Waals surface area contributed by atoms with E-state index in [4.69, 9.17) is 0 Å². The Kier molecular flexibility index (Phi) is 2.86. The first-order chi connectivity index (χ1) is 7.93. The van der Waals surface area contributed by atoms with Crippen LogP contribution in [-0.4, -0.2) is 6.54 Å². The van der Waals surface area contributed by atoms with Gasteiger partial charge in [-0.3, -0.25) is 0 Å². The zero-order chi connectivity index (χ0) is 10.8. The Morgan fingerprint density at radius 3 is 2.88 bits per heavy atom. The van der Waals surface area contributed by atoms with E-state index >= 15 is 0 Å². The van der Waals surface area contributed by atoms with E-state index < -0.39 is 0 Å². The first-order valence-electron chi connectivity index (χ1n) is 6.78. The van der Waals surface area contributed by atoms with Crippen LogP contribution in [0.25, 0.3) is 0 Å². The maximum absolute atomic E-state index is 3.53. The van der Waals surface area contributed by atoms with Gasteiger partial charge in [0, 0.05) is 12.2 Å². The van der Waals surface area contributed by atoms with Gasteiger partial charge in [-0.25, -0.2) is 0 Å². The van der Waals surface area contributed by atoms with Crippen molar-refractivity contribution >= 4 is 5.69 Å². The molecule has 1 heterocycles. The molecule has 1 aromatic rings. The van der Waals surface area contributed by atoms with Gasteiger partial charge in [0.1, 0.15) is 0 Å². The Morgan fingerprint density at radius 1 is 1.12 bits per heavy atom. The molecule has 1 fully saturated rings. The molecule has 1 aromatic carbocycles. The molecule has 0 radical (unpaired) electrons. The molecule has 1 saturated carbocycles. The summed E-state index contributed by atoms with van der Waals surface area (Å²) >= 11 is 0. The van der Waals surface area contributed by atoms with Crippen LogP contribution in [-0.2, 0) is 12.8 Å². The fourth-order valence-electron chi connectivity index (χ4n) is 3.30. The molecule has 1 nitrogen and oxygen atoms in total. The third kappa shape index (κ3) is 1.95. The minimum absolute atomic E-state index is 0.966. The maximum atomic E-state index is 3.53. The van der Waals surface area contributed by atoms with Gasteiger partial charge in [-0.2, -0.15) is 0 Å². The standard InChI is InChI=1S/C15H21N/c1-2-6-12(5-1)11-13-7-3-9-15-14(13)8-4-10-16-15/h3,7,9,12,16H,1-2,4-6,8,10-11H2. The van der Waals surface area contributed by atoms with Gasteiger partial charge in [-0.15, -0.1) is 0 Å². The van der Waals surface area contributed by atoms with Crippen LogP contribution in [0.1, 0.15) is 43.2 Å². The fourth-order valence-corrected chi connectivity index (χ4v) is 3.30. The number of benzene rings is 1. The highest BCUT2D eigenvalue weighted by atomic mass is 14.9. The third-order valence-corrected chi connectivity index (χ3v) is 4.18. The summed E-state index contributed by atoms with van der Waals surface area (Å²) in [7, 11) is 0. The molecule has 1 aliphatic heterocycles. The van der Waals surface area contributed by atoms with Gasteiger partial charge in [0.25, 0.3) is 0 Å². The molecule has 1 heteroatoms. The average molecular weight is 215 g/mol. The maximum Gasteiger partial charge on any atom is 0.0375 e. The van der Waals surface area contributed by atoms with E-state index in [0.29, 0.717) is 0 Å². The molecule has 86 valence electrons. The fraction of sp³-hybridized carbons (Fsp3) is 0.600. The number of hydrogen-bond acceptors (Lipinski definition) is 1. The second-order valence-electron chi connectivity index (χ2n) is 5.33. The molecule has 0 atom stereocenters. The Morgan fingerprint density at radius 2 is 2.00 bits per heavy atom. The molecular formula is C15H21N. The van der Waals surface area contributed by atoms with E-state index in [-0.39, 0.29) is 0 Å². The molecule has 0 amide bonds. The highest BCUT2D eigenvalue weighted by Crippen LogP contribution is 2.32. The SMILES string of the molecule is c1cc(CC2CCCC2)c2c(c1)NCCC2. The summed E-state index contributed by atoms with van der Waals surface area (Å²) in [6, 6.07) is 6.82. The van der Waals surface area contributed by atoms with Crippen molar-refractivity contribution in [3.63, 3.8) is 0 Å². The van der Waals surface area contributed by atoms with E-state index in [1.165, 1.54) is 50.6 Å². The lowest BCUT2D eigenvalue weighted by Crippen LogP contribution is -2.14. The summed E-state index contributed by atoms with van der Waals surface area (Å²) in [5, 5.41) is 3.53. The Labute approximate surface area is 98.3 Å². The van der Waals surface area contributed by atoms with E-state index in [0.717, 1.165) is 12.5 Å². The largest absolute Gasteiger partial charge is 0.385 e. The summed E-state index contributed by atoms with van der Waals surface area (Å²) in [6.45, 7) is 1.15.